The molecule has 0 spiro atoms. The Morgan fingerprint density at radius 3 is 2.93 bits per heavy atom. The molecule has 2 fully saturated rings. The maximum absolute atomic E-state index is 14.7. The van der Waals surface area contributed by atoms with Gasteiger partial charge in [0.2, 0.25) is 0 Å². The number of hydrogen-bond acceptors (Lipinski definition) is 4. The zero-order valence-electron chi connectivity index (χ0n) is 17.3. The SMILES string of the molecule is C=C(/C=C(\C)C1CCC(n2scc(C3CC3)c2=O)C1)Nc1ccc2c(c1F)CNC2. The normalized spacial score (nSPS) is 23.6. The smallest absolute Gasteiger partial charge is 0.264 e. The van der Waals surface area contributed by atoms with E-state index in [-0.39, 0.29) is 11.4 Å². The highest BCUT2D eigenvalue weighted by molar-refractivity contribution is 7.04. The van der Waals surface area contributed by atoms with Crippen LogP contribution < -0.4 is 16.2 Å². The van der Waals surface area contributed by atoms with Gasteiger partial charge in [-0.1, -0.05) is 29.8 Å². The van der Waals surface area contributed by atoms with E-state index in [1.54, 1.807) is 17.6 Å². The van der Waals surface area contributed by atoms with Crippen molar-refractivity contribution in [3.05, 3.63) is 74.3 Å². The van der Waals surface area contributed by atoms with Crippen molar-refractivity contribution in [2.24, 2.45) is 5.92 Å². The largest absolute Gasteiger partial charge is 0.354 e. The van der Waals surface area contributed by atoms with Gasteiger partial charge in [0.25, 0.3) is 5.56 Å². The minimum absolute atomic E-state index is 0.186. The standard InChI is InChI=1S/C24H28FN3OS/c1-14(9-15(2)27-22-8-6-18-11-26-12-20(18)23(22)25)17-5-7-19(10-17)28-24(29)21(13-30-28)16-3-4-16/h6,8-9,13,16-17,19,26-27H,2-5,7,10-12H2,1H3/b14-9+. The lowest BCUT2D eigenvalue weighted by molar-refractivity contribution is 0.521. The molecule has 30 heavy (non-hydrogen) atoms. The van der Waals surface area contributed by atoms with Crippen molar-refractivity contribution >= 4 is 17.2 Å². The third-order valence-corrected chi connectivity index (χ3v) is 7.84. The molecule has 2 aromatic rings. The van der Waals surface area contributed by atoms with Crippen molar-refractivity contribution in [1.29, 1.82) is 0 Å². The molecule has 2 heterocycles. The van der Waals surface area contributed by atoms with Crippen LogP contribution in [0.1, 0.15) is 67.7 Å². The number of allylic oxidation sites excluding steroid dienone is 2. The first-order chi connectivity index (χ1) is 14.5. The molecule has 2 atom stereocenters. The van der Waals surface area contributed by atoms with Crippen LogP contribution in [-0.4, -0.2) is 3.96 Å². The summed E-state index contributed by atoms with van der Waals surface area (Å²) in [6.45, 7) is 7.52. The highest BCUT2D eigenvalue weighted by Crippen LogP contribution is 2.42. The summed E-state index contributed by atoms with van der Waals surface area (Å²) in [5.74, 6) is 0.758. The molecular weight excluding hydrogens is 397 g/mol. The molecule has 0 amide bonds. The first-order valence-electron chi connectivity index (χ1n) is 10.9. The predicted octanol–water partition coefficient (Wildman–Crippen LogP) is 5.44. The van der Waals surface area contributed by atoms with E-state index in [4.69, 9.17) is 0 Å². The van der Waals surface area contributed by atoms with Crippen LogP contribution in [0.4, 0.5) is 10.1 Å². The Kier molecular flexibility index (Phi) is 5.15. The summed E-state index contributed by atoms with van der Waals surface area (Å²) >= 11 is 1.59. The van der Waals surface area contributed by atoms with Crippen LogP contribution in [-0.2, 0) is 13.1 Å². The number of hydrogen-bond donors (Lipinski definition) is 2. The molecule has 0 saturated heterocycles. The van der Waals surface area contributed by atoms with E-state index in [2.05, 4.69) is 29.5 Å². The van der Waals surface area contributed by atoms with Gasteiger partial charge in [-0.2, -0.15) is 0 Å². The lowest BCUT2D eigenvalue weighted by atomic mass is 9.98. The number of halogens is 1. The molecule has 0 bridgehead atoms. The van der Waals surface area contributed by atoms with Gasteiger partial charge in [-0.15, -0.1) is 0 Å². The number of fused-ring (bicyclic) bond motifs is 1. The van der Waals surface area contributed by atoms with Gasteiger partial charge in [0, 0.05) is 41.3 Å². The number of aromatic nitrogens is 1. The topological polar surface area (TPSA) is 46.1 Å². The summed E-state index contributed by atoms with van der Waals surface area (Å²) in [4.78, 5) is 12.7. The van der Waals surface area contributed by atoms with Gasteiger partial charge in [-0.3, -0.25) is 8.75 Å². The van der Waals surface area contributed by atoms with Crippen molar-refractivity contribution in [1.82, 2.24) is 9.27 Å². The Bertz CT molecular complexity index is 1080. The van der Waals surface area contributed by atoms with Gasteiger partial charge in [-0.25, -0.2) is 4.39 Å². The third-order valence-electron chi connectivity index (χ3n) is 6.79. The second-order valence-corrected chi connectivity index (χ2v) is 9.79. The van der Waals surface area contributed by atoms with Crippen LogP contribution in [0.3, 0.4) is 0 Å². The number of benzene rings is 1. The van der Waals surface area contributed by atoms with Crippen LogP contribution in [0.25, 0.3) is 0 Å². The molecule has 2 saturated carbocycles. The van der Waals surface area contributed by atoms with Crippen LogP contribution in [0.2, 0.25) is 0 Å². The zero-order chi connectivity index (χ0) is 20.8. The molecule has 1 aromatic heterocycles. The Hall–Kier alpha value is -2.18. The molecule has 0 radical (unpaired) electrons. The van der Waals surface area contributed by atoms with E-state index in [0.717, 1.165) is 55.3 Å². The summed E-state index contributed by atoms with van der Waals surface area (Å²) < 4.78 is 16.7. The second kappa shape index (κ2) is 7.82. The van der Waals surface area contributed by atoms with Gasteiger partial charge < -0.3 is 10.6 Å². The molecule has 3 aliphatic rings. The van der Waals surface area contributed by atoms with Crippen LogP contribution in [0.5, 0.6) is 0 Å². The minimum atomic E-state index is -0.186. The van der Waals surface area contributed by atoms with Crippen LogP contribution in [0, 0.1) is 11.7 Å². The second-order valence-electron chi connectivity index (χ2n) is 8.95. The maximum atomic E-state index is 14.7. The monoisotopic (exact) mass is 425 g/mol. The number of anilines is 1. The van der Waals surface area contributed by atoms with E-state index in [0.29, 0.717) is 35.8 Å². The van der Waals surface area contributed by atoms with E-state index in [9.17, 15) is 9.18 Å². The summed E-state index contributed by atoms with van der Waals surface area (Å²) in [6, 6.07) is 4.06. The average Bonchev–Trinajstić information content (AvgIpc) is 3.12. The molecule has 2 unspecified atom stereocenters. The summed E-state index contributed by atoms with van der Waals surface area (Å²) in [7, 11) is 0. The Morgan fingerprint density at radius 2 is 2.13 bits per heavy atom. The van der Waals surface area contributed by atoms with E-state index in [1.807, 2.05) is 16.1 Å². The number of nitrogens with one attached hydrogen (secondary N) is 2. The van der Waals surface area contributed by atoms with Gasteiger partial charge in [0.1, 0.15) is 0 Å². The Labute approximate surface area is 180 Å². The van der Waals surface area contributed by atoms with Crippen molar-refractivity contribution in [2.75, 3.05) is 5.32 Å². The van der Waals surface area contributed by atoms with Crippen molar-refractivity contribution in [3.63, 3.8) is 0 Å². The van der Waals surface area contributed by atoms with Crippen LogP contribution in [0.15, 0.2) is 46.2 Å². The van der Waals surface area contributed by atoms with Gasteiger partial charge in [0.15, 0.2) is 5.82 Å². The number of nitrogens with zero attached hydrogens (tertiary/aromatic N) is 1. The highest BCUT2D eigenvalue weighted by atomic mass is 32.1. The third kappa shape index (κ3) is 3.67. The van der Waals surface area contributed by atoms with Crippen molar-refractivity contribution < 1.29 is 4.39 Å². The molecule has 2 aliphatic carbocycles. The first kappa shape index (κ1) is 19.8. The van der Waals surface area contributed by atoms with Crippen molar-refractivity contribution in [2.45, 2.75) is 64.1 Å². The van der Waals surface area contributed by atoms with E-state index < -0.39 is 0 Å². The lowest BCUT2D eigenvalue weighted by Gasteiger charge is -2.15. The first-order valence-corrected chi connectivity index (χ1v) is 11.7. The fraction of sp³-hybridized carbons (Fsp3) is 0.458. The molecule has 6 heteroatoms. The van der Waals surface area contributed by atoms with Gasteiger partial charge >= 0.3 is 0 Å². The fourth-order valence-electron chi connectivity index (χ4n) is 4.88. The number of rotatable bonds is 6. The molecule has 5 rings (SSSR count). The maximum Gasteiger partial charge on any atom is 0.264 e. The molecular formula is C24H28FN3OS. The Balaban J connectivity index is 1.24. The van der Waals surface area contributed by atoms with Gasteiger partial charge in [0.05, 0.1) is 5.69 Å². The fourth-order valence-corrected chi connectivity index (χ4v) is 5.96. The van der Waals surface area contributed by atoms with E-state index in [1.165, 1.54) is 5.57 Å². The Morgan fingerprint density at radius 1 is 1.30 bits per heavy atom. The molecule has 2 N–H and O–H groups in total. The molecule has 1 aliphatic heterocycles. The highest BCUT2D eigenvalue weighted by Gasteiger charge is 2.32. The van der Waals surface area contributed by atoms with Gasteiger partial charge in [-0.05, 0) is 68.6 Å². The van der Waals surface area contributed by atoms with Crippen LogP contribution >= 0.6 is 11.5 Å². The summed E-state index contributed by atoms with van der Waals surface area (Å²) in [5.41, 5.74) is 5.46. The lowest BCUT2D eigenvalue weighted by Crippen LogP contribution is -2.19. The van der Waals surface area contributed by atoms with E-state index >= 15 is 0 Å². The molecule has 158 valence electrons. The average molecular weight is 426 g/mol. The quantitative estimate of drug-likeness (QED) is 0.606. The zero-order valence-corrected chi connectivity index (χ0v) is 18.2. The summed E-state index contributed by atoms with van der Waals surface area (Å²) in [6.07, 6.45) is 7.45. The molecule has 4 nitrogen and oxygen atoms in total. The predicted molar refractivity (Wildman–Crippen MR) is 120 cm³/mol. The minimum Gasteiger partial charge on any atom is -0.354 e. The van der Waals surface area contributed by atoms with Crippen molar-refractivity contribution in [3.8, 4) is 0 Å². The molecule has 1 aromatic carbocycles. The summed E-state index contributed by atoms with van der Waals surface area (Å²) in [5, 5.41) is 8.40.